The fourth-order valence-corrected chi connectivity index (χ4v) is 2.26. The molecular formula is C12H12N2O3S. The van der Waals surface area contributed by atoms with E-state index in [9.17, 15) is 9.90 Å². The van der Waals surface area contributed by atoms with E-state index in [1.807, 2.05) is 18.4 Å². The summed E-state index contributed by atoms with van der Waals surface area (Å²) in [5, 5.41) is 25.3. The molecule has 0 radical (unpaired) electrons. The molecule has 5 nitrogen and oxygen atoms in total. The lowest BCUT2D eigenvalue weighted by atomic mass is 10.1. The van der Waals surface area contributed by atoms with Crippen LogP contribution in [0.1, 0.15) is 16.1 Å². The summed E-state index contributed by atoms with van der Waals surface area (Å²) in [6.45, 7) is 1.79. The summed E-state index contributed by atoms with van der Waals surface area (Å²) in [6.07, 6.45) is 1.89. The Bertz CT molecular complexity index is 607. The molecule has 1 aromatic carbocycles. The van der Waals surface area contributed by atoms with Gasteiger partial charge in [-0.1, -0.05) is 6.07 Å². The summed E-state index contributed by atoms with van der Waals surface area (Å²) in [7, 11) is 0. The Kier molecular flexibility index (Phi) is 3.29. The summed E-state index contributed by atoms with van der Waals surface area (Å²) in [6, 6.07) is 5.11. The molecule has 1 aromatic heterocycles. The molecule has 1 heterocycles. The first-order valence-electron chi connectivity index (χ1n) is 5.20. The average Bonchev–Trinajstić information content (AvgIpc) is 2.81. The second-order valence-corrected chi connectivity index (χ2v) is 4.63. The van der Waals surface area contributed by atoms with E-state index in [0.717, 1.165) is 10.5 Å². The highest BCUT2D eigenvalue weighted by molar-refractivity contribution is 7.98. The van der Waals surface area contributed by atoms with Gasteiger partial charge in [-0.25, -0.2) is 4.79 Å². The number of phenols is 1. The molecule has 6 heteroatoms. The lowest BCUT2D eigenvalue weighted by Gasteiger charge is -2.09. The first kappa shape index (κ1) is 12.5. The second kappa shape index (κ2) is 4.73. The van der Waals surface area contributed by atoms with Crippen LogP contribution >= 0.6 is 11.8 Å². The van der Waals surface area contributed by atoms with Crippen LogP contribution in [0.15, 0.2) is 23.1 Å². The standard InChI is InChI=1S/C12H12N2O3S/c1-6-3-4-9(18-2)10(11(6)15)7-5-8(12(16)17)14-13-7/h3-5,15H,1-2H3,(H,13,14)(H,16,17). The van der Waals surface area contributed by atoms with Crippen molar-refractivity contribution in [2.24, 2.45) is 0 Å². The first-order valence-corrected chi connectivity index (χ1v) is 6.42. The van der Waals surface area contributed by atoms with Crippen molar-refractivity contribution in [2.75, 3.05) is 6.26 Å². The zero-order valence-corrected chi connectivity index (χ0v) is 10.7. The van der Waals surface area contributed by atoms with Crippen LogP contribution in [0.3, 0.4) is 0 Å². The molecule has 2 aromatic rings. The molecule has 0 aliphatic carbocycles. The van der Waals surface area contributed by atoms with Crippen molar-refractivity contribution in [1.29, 1.82) is 0 Å². The van der Waals surface area contributed by atoms with Gasteiger partial charge in [-0.05, 0) is 30.9 Å². The Balaban J connectivity index is 2.61. The number of benzene rings is 1. The lowest BCUT2D eigenvalue weighted by molar-refractivity contribution is 0.0690. The Labute approximate surface area is 108 Å². The smallest absolute Gasteiger partial charge is 0.353 e. The first-order chi connectivity index (χ1) is 8.54. The number of nitrogens with one attached hydrogen (secondary N) is 1. The maximum atomic E-state index is 10.8. The Morgan fingerprint density at radius 1 is 1.44 bits per heavy atom. The molecule has 0 atom stereocenters. The minimum atomic E-state index is -1.08. The van der Waals surface area contributed by atoms with Crippen LogP contribution in [0.5, 0.6) is 5.75 Å². The number of H-pyrrole nitrogens is 1. The van der Waals surface area contributed by atoms with Gasteiger partial charge >= 0.3 is 5.97 Å². The number of aromatic hydroxyl groups is 1. The number of nitrogens with zero attached hydrogens (tertiary/aromatic N) is 1. The average molecular weight is 264 g/mol. The predicted octanol–water partition coefficient (Wildman–Crippen LogP) is 2.51. The molecule has 0 saturated heterocycles. The zero-order valence-electron chi connectivity index (χ0n) is 9.89. The predicted molar refractivity (Wildman–Crippen MR) is 69.2 cm³/mol. The quantitative estimate of drug-likeness (QED) is 0.741. The van der Waals surface area contributed by atoms with E-state index in [1.54, 1.807) is 6.92 Å². The van der Waals surface area contributed by atoms with Crippen molar-refractivity contribution < 1.29 is 15.0 Å². The molecule has 18 heavy (non-hydrogen) atoms. The molecular weight excluding hydrogens is 252 g/mol. The Morgan fingerprint density at radius 3 is 2.72 bits per heavy atom. The topological polar surface area (TPSA) is 86.2 Å². The number of carboxylic acids is 1. The van der Waals surface area contributed by atoms with Gasteiger partial charge in [0.1, 0.15) is 11.4 Å². The number of hydrogen-bond acceptors (Lipinski definition) is 4. The fraction of sp³-hybridized carbons (Fsp3) is 0.167. The third-order valence-corrected chi connectivity index (χ3v) is 3.41. The Morgan fingerprint density at radius 2 is 2.17 bits per heavy atom. The summed E-state index contributed by atoms with van der Waals surface area (Å²) in [5.74, 6) is -0.947. The van der Waals surface area contributed by atoms with Gasteiger partial charge in [-0.2, -0.15) is 5.10 Å². The summed E-state index contributed by atoms with van der Waals surface area (Å²) >= 11 is 1.47. The van der Waals surface area contributed by atoms with Crippen molar-refractivity contribution in [2.45, 2.75) is 11.8 Å². The van der Waals surface area contributed by atoms with Crippen molar-refractivity contribution in [3.05, 3.63) is 29.5 Å². The highest BCUT2D eigenvalue weighted by Crippen LogP contribution is 2.38. The highest BCUT2D eigenvalue weighted by Gasteiger charge is 2.17. The van der Waals surface area contributed by atoms with Crippen LogP contribution in [0.2, 0.25) is 0 Å². The number of aromatic amines is 1. The molecule has 0 saturated carbocycles. The number of aromatic nitrogens is 2. The van der Waals surface area contributed by atoms with Crippen molar-refractivity contribution in [1.82, 2.24) is 10.2 Å². The van der Waals surface area contributed by atoms with Crippen LogP contribution < -0.4 is 0 Å². The number of aryl methyl sites for hydroxylation is 1. The number of phenolic OH excluding ortho intramolecular Hbond substituents is 1. The maximum Gasteiger partial charge on any atom is 0.353 e. The van der Waals surface area contributed by atoms with E-state index >= 15 is 0 Å². The van der Waals surface area contributed by atoms with E-state index in [0.29, 0.717) is 11.3 Å². The van der Waals surface area contributed by atoms with E-state index in [1.165, 1.54) is 17.8 Å². The molecule has 0 amide bonds. The van der Waals surface area contributed by atoms with Crippen molar-refractivity contribution in [3.8, 4) is 17.0 Å². The van der Waals surface area contributed by atoms with E-state index in [2.05, 4.69) is 10.2 Å². The minimum absolute atomic E-state index is 0.00189. The van der Waals surface area contributed by atoms with Gasteiger partial charge in [0.05, 0.1) is 11.3 Å². The number of carbonyl (C=O) groups is 1. The van der Waals surface area contributed by atoms with Gasteiger partial charge in [0, 0.05) is 4.90 Å². The minimum Gasteiger partial charge on any atom is -0.507 e. The number of rotatable bonds is 3. The molecule has 0 spiro atoms. The summed E-state index contributed by atoms with van der Waals surface area (Å²) < 4.78 is 0. The van der Waals surface area contributed by atoms with E-state index < -0.39 is 5.97 Å². The van der Waals surface area contributed by atoms with Gasteiger partial charge in [-0.15, -0.1) is 11.8 Å². The summed E-state index contributed by atoms with van der Waals surface area (Å²) in [4.78, 5) is 11.7. The van der Waals surface area contributed by atoms with Gasteiger partial charge in [0.2, 0.25) is 0 Å². The highest BCUT2D eigenvalue weighted by atomic mass is 32.2. The second-order valence-electron chi connectivity index (χ2n) is 3.78. The molecule has 0 bridgehead atoms. The summed E-state index contributed by atoms with van der Waals surface area (Å²) in [5.41, 5.74) is 1.71. The van der Waals surface area contributed by atoms with Crippen LogP contribution in [-0.2, 0) is 0 Å². The SMILES string of the molecule is CSc1ccc(C)c(O)c1-c1cc(C(=O)O)[nH]n1. The molecule has 94 valence electrons. The maximum absolute atomic E-state index is 10.8. The van der Waals surface area contributed by atoms with Crippen molar-refractivity contribution in [3.63, 3.8) is 0 Å². The van der Waals surface area contributed by atoms with Crippen molar-refractivity contribution >= 4 is 17.7 Å². The molecule has 3 N–H and O–H groups in total. The Hall–Kier alpha value is -1.95. The molecule has 0 unspecified atom stereocenters. The van der Waals surface area contributed by atoms with Gasteiger partial charge in [0.25, 0.3) is 0 Å². The zero-order chi connectivity index (χ0) is 13.3. The number of aromatic carboxylic acids is 1. The number of hydrogen-bond donors (Lipinski definition) is 3. The number of carboxylic acid groups (broad SMARTS) is 1. The van der Waals surface area contributed by atoms with Crippen LogP contribution in [-0.4, -0.2) is 32.6 Å². The van der Waals surface area contributed by atoms with Crippen LogP contribution in [0.25, 0.3) is 11.3 Å². The molecule has 0 aliphatic heterocycles. The third kappa shape index (κ3) is 2.06. The van der Waals surface area contributed by atoms with Crippen LogP contribution in [0, 0.1) is 6.92 Å². The molecule has 0 fully saturated rings. The monoisotopic (exact) mass is 264 g/mol. The lowest BCUT2D eigenvalue weighted by Crippen LogP contribution is -1.95. The molecule has 0 aliphatic rings. The normalized spacial score (nSPS) is 10.6. The molecule has 2 rings (SSSR count). The van der Waals surface area contributed by atoms with Gasteiger partial charge in [-0.3, -0.25) is 5.10 Å². The third-order valence-electron chi connectivity index (χ3n) is 2.63. The van der Waals surface area contributed by atoms with E-state index in [4.69, 9.17) is 5.11 Å². The largest absolute Gasteiger partial charge is 0.507 e. The van der Waals surface area contributed by atoms with Gasteiger partial charge in [0.15, 0.2) is 0 Å². The van der Waals surface area contributed by atoms with Gasteiger partial charge < -0.3 is 10.2 Å². The van der Waals surface area contributed by atoms with E-state index in [-0.39, 0.29) is 11.4 Å². The van der Waals surface area contributed by atoms with Crippen LogP contribution in [0.4, 0.5) is 0 Å². The number of thioether (sulfide) groups is 1. The fourth-order valence-electron chi connectivity index (χ4n) is 1.65.